The molecular weight excluding hydrogens is 552 g/mol. The van der Waals surface area contributed by atoms with Crippen molar-refractivity contribution in [2.75, 3.05) is 54.6 Å². The number of carbonyl (C=O) groups excluding carboxylic acids is 3. The van der Waals surface area contributed by atoms with E-state index in [2.05, 4.69) is 0 Å². The predicted molar refractivity (Wildman–Crippen MR) is 154 cm³/mol. The molecular formula is C29H54N2O11. The molecule has 2 fully saturated rings. The van der Waals surface area contributed by atoms with Crippen molar-refractivity contribution < 1.29 is 52.3 Å². The number of ether oxygens (including phenoxy) is 8. The number of methoxy groups -OCH3 is 4. The minimum Gasteiger partial charge on any atom is -0.455 e. The maximum Gasteiger partial charge on any atom is 0.410 e. The fourth-order valence-electron chi connectivity index (χ4n) is 4.65. The van der Waals surface area contributed by atoms with Gasteiger partial charge in [0.2, 0.25) is 5.79 Å². The first-order valence-corrected chi connectivity index (χ1v) is 14.3. The summed E-state index contributed by atoms with van der Waals surface area (Å²) in [6.45, 7) is 17.6. The molecule has 0 aromatic heterocycles. The SMILES string of the molecule is COC1(OC)CCN(C(=O)OC(C)(C)C)CC1OC(C)=O.COC1(OC)CCN(C(=O)OC(C)(C)C)CC1OC(C)C. The molecule has 2 aliphatic heterocycles. The molecule has 2 aliphatic rings. The zero-order chi connectivity index (χ0) is 32.5. The summed E-state index contributed by atoms with van der Waals surface area (Å²) in [6, 6.07) is 0. The number of hydrogen-bond donors (Lipinski definition) is 0. The summed E-state index contributed by atoms with van der Waals surface area (Å²) < 4.78 is 43.8. The number of esters is 1. The first kappa shape index (κ1) is 37.8. The molecule has 0 radical (unpaired) electrons. The van der Waals surface area contributed by atoms with E-state index in [4.69, 9.17) is 37.9 Å². The van der Waals surface area contributed by atoms with Crippen LogP contribution in [0.2, 0.25) is 0 Å². The van der Waals surface area contributed by atoms with Crippen molar-refractivity contribution in [2.45, 2.75) is 116 Å². The fourth-order valence-corrected chi connectivity index (χ4v) is 4.65. The smallest absolute Gasteiger partial charge is 0.410 e. The van der Waals surface area contributed by atoms with E-state index in [-0.39, 0.29) is 24.8 Å². The highest BCUT2D eigenvalue weighted by molar-refractivity contribution is 5.69. The Morgan fingerprint density at radius 2 is 1.05 bits per heavy atom. The molecule has 13 nitrogen and oxygen atoms in total. The Bertz CT molecular complexity index is 874. The van der Waals surface area contributed by atoms with E-state index in [0.29, 0.717) is 32.5 Å². The molecule has 2 heterocycles. The van der Waals surface area contributed by atoms with Crippen LogP contribution >= 0.6 is 0 Å². The Kier molecular flexibility index (Phi) is 14.0. The van der Waals surface area contributed by atoms with Gasteiger partial charge in [-0.05, 0) is 55.4 Å². The van der Waals surface area contributed by atoms with Gasteiger partial charge in [0.25, 0.3) is 0 Å². The minimum absolute atomic E-state index is 0.0123. The predicted octanol–water partition coefficient (Wildman–Crippen LogP) is 3.96. The van der Waals surface area contributed by atoms with Crippen LogP contribution in [0.15, 0.2) is 0 Å². The molecule has 0 saturated carbocycles. The maximum atomic E-state index is 12.2. The molecule has 2 atom stereocenters. The normalized spacial score (nSPS) is 22.1. The van der Waals surface area contributed by atoms with Crippen molar-refractivity contribution in [3.05, 3.63) is 0 Å². The molecule has 42 heavy (non-hydrogen) atoms. The van der Waals surface area contributed by atoms with E-state index in [1.807, 2.05) is 34.6 Å². The van der Waals surface area contributed by atoms with Gasteiger partial charge in [-0.3, -0.25) is 4.79 Å². The first-order chi connectivity index (χ1) is 19.3. The van der Waals surface area contributed by atoms with Crippen LogP contribution in [0.25, 0.3) is 0 Å². The second-order valence-corrected chi connectivity index (χ2v) is 12.6. The lowest BCUT2D eigenvalue weighted by Crippen LogP contribution is -2.60. The average Bonchev–Trinajstić information content (AvgIpc) is 2.86. The standard InChI is InChI=1S/C15H29NO5.C14H25NO6/c1-11(2)20-12-10-16(13(17)21-14(3,4)5)9-8-15(12,18-6)19-7;1-10(16)20-11-9-15(12(17)21-13(2,3)4)8-7-14(11,18-5)19-6/h11-12H,8-10H2,1-7H3;11H,7-9H2,1-6H3. The van der Waals surface area contributed by atoms with E-state index < -0.39 is 40.9 Å². The lowest BCUT2D eigenvalue weighted by Gasteiger charge is -2.45. The van der Waals surface area contributed by atoms with Gasteiger partial charge in [-0.1, -0.05) is 0 Å². The number of amides is 2. The summed E-state index contributed by atoms with van der Waals surface area (Å²) in [6.07, 6.45) is -0.896. The van der Waals surface area contributed by atoms with Gasteiger partial charge in [0.05, 0.1) is 19.2 Å². The van der Waals surface area contributed by atoms with E-state index in [9.17, 15) is 14.4 Å². The summed E-state index contributed by atoms with van der Waals surface area (Å²) in [5, 5.41) is 0. The van der Waals surface area contributed by atoms with Crippen LogP contribution in [0, 0.1) is 0 Å². The highest BCUT2D eigenvalue weighted by Gasteiger charge is 2.48. The summed E-state index contributed by atoms with van der Waals surface area (Å²) in [7, 11) is 6.18. The molecule has 2 rings (SSSR count). The van der Waals surface area contributed by atoms with Crippen molar-refractivity contribution in [1.29, 1.82) is 0 Å². The van der Waals surface area contributed by atoms with Gasteiger partial charge in [-0.25, -0.2) is 9.59 Å². The van der Waals surface area contributed by atoms with E-state index in [1.165, 1.54) is 26.0 Å². The van der Waals surface area contributed by atoms with Crippen LogP contribution in [-0.4, -0.2) is 124 Å². The van der Waals surface area contributed by atoms with Crippen LogP contribution in [0.5, 0.6) is 0 Å². The Morgan fingerprint density at radius 3 is 1.36 bits per heavy atom. The second-order valence-electron chi connectivity index (χ2n) is 12.6. The number of nitrogens with zero attached hydrogens (tertiary/aromatic N) is 2. The van der Waals surface area contributed by atoms with Gasteiger partial charge in [-0.2, -0.15) is 0 Å². The molecule has 2 saturated heterocycles. The Balaban J connectivity index is 0.000000420. The second kappa shape index (κ2) is 15.5. The topological polar surface area (TPSA) is 132 Å². The summed E-state index contributed by atoms with van der Waals surface area (Å²) in [5.74, 6) is -2.31. The zero-order valence-electron chi connectivity index (χ0n) is 27.9. The first-order valence-electron chi connectivity index (χ1n) is 14.3. The van der Waals surface area contributed by atoms with Gasteiger partial charge < -0.3 is 47.7 Å². The third kappa shape index (κ3) is 11.1. The maximum absolute atomic E-state index is 12.2. The van der Waals surface area contributed by atoms with Gasteiger partial charge in [0, 0.05) is 61.3 Å². The van der Waals surface area contributed by atoms with Crippen molar-refractivity contribution in [1.82, 2.24) is 9.80 Å². The third-order valence-corrected chi connectivity index (χ3v) is 6.64. The third-order valence-electron chi connectivity index (χ3n) is 6.64. The van der Waals surface area contributed by atoms with E-state index >= 15 is 0 Å². The monoisotopic (exact) mass is 606 g/mol. The number of likely N-dealkylation sites (tertiary alicyclic amines) is 2. The van der Waals surface area contributed by atoms with Gasteiger partial charge in [0.1, 0.15) is 17.3 Å². The fraction of sp³-hybridized carbons (Fsp3) is 0.897. The van der Waals surface area contributed by atoms with Gasteiger partial charge >= 0.3 is 18.2 Å². The van der Waals surface area contributed by atoms with Crippen molar-refractivity contribution >= 4 is 18.2 Å². The van der Waals surface area contributed by atoms with Crippen molar-refractivity contribution in [2.24, 2.45) is 0 Å². The lowest BCUT2D eigenvalue weighted by atomic mass is 10.00. The number of piperidine rings is 2. The number of hydrogen-bond acceptors (Lipinski definition) is 11. The van der Waals surface area contributed by atoms with Crippen LogP contribution in [0.1, 0.15) is 75.2 Å². The minimum atomic E-state index is -1.04. The molecule has 2 amide bonds. The quantitative estimate of drug-likeness (QED) is 0.237. The molecule has 2 unspecified atom stereocenters. The molecule has 246 valence electrons. The lowest BCUT2D eigenvalue weighted by molar-refractivity contribution is -0.292. The molecule has 0 spiro atoms. The van der Waals surface area contributed by atoms with E-state index in [1.54, 1.807) is 39.9 Å². The largest absolute Gasteiger partial charge is 0.455 e. The average molecular weight is 607 g/mol. The summed E-state index contributed by atoms with van der Waals surface area (Å²) in [5.41, 5.74) is -1.09. The Labute approximate surface area is 251 Å². The molecule has 0 aliphatic carbocycles. The zero-order valence-corrected chi connectivity index (χ0v) is 27.9. The van der Waals surface area contributed by atoms with Crippen molar-refractivity contribution in [3.8, 4) is 0 Å². The van der Waals surface area contributed by atoms with Gasteiger partial charge in [-0.15, -0.1) is 0 Å². The van der Waals surface area contributed by atoms with Crippen LogP contribution in [-0.2, 0) is 42.7 Å². The van der Waals surface area contributed by atoms with Crippen LogP contribution in [0.4, 0.5) is 9.59 Å². The molecule has 0 aromatic carbocycles. The molecule has 0 N–H and O–H groups in total. The molecule has 13 heteroatoms. The van der Waals surface area contributed by atoms with E-state index in [0.717, 1.165) is 0 Å². The van der Waals surface area contributed by atoms with Crippen LogP contribution in [0.3, 0.4) is 0 Å². The summed E-state index contributed by atoms with van der Waals surface area (Å²) in [4.78, 5) is 38.7. The van der Waals surface area contributed by atoms with Gasteiger partial charge in [0.15, 0.2) is 11.9 Å². The highest BCUT2D eigenvalue weighted by Crippen LogP contribution is 2.32. The molecule has 0 aromatic rings. The highest BCUT2D eigenvalue weighted by atomic mass is 16.7. The Morgan fingerprint density at radius 1 is 0.690 bits per heavy atom. The summed E-state index contributed by atoms with van der Waals surface area (Å²) >= 11 is 0. The number of rotatable bonds is 7. The molecule has 0 bridgehead atoms. The number of carbonyl (C=O) groups is 3. The van der Waals surface area contributed by atoms with Crippen LogP contribution < -0.4 is 0 Å². The Hall–Kier alpha value is -2.19. The van der Waals surface area contributed by atoms with Crippen molar-refractivity contribution in [3.63, 3.8) is 0 Å².